The number of piperazine rings is 2. The highest BCUT2D eigenvalue weighted by Gasteiger charge is 2.47. The SMILES string of the molecule is CN1CCN(CCCN2CCCN3c4c(nc5c(c42)CCC(NCCOCC2CN(CCCN4CCCN6c7c(nc8c(c74)CCC(Nc4cnccn4)C8)C4CCCCC46)CCN2C)C5)C2CCCCC23)CC1. The number of aromatic nitrogens is 4. The molecule has 9 heterocycles. The van der Waals surface area contributed by atoms with Crippen LogP contribution in [0.1, 0.15) is 136 Å². The summed E-state index contributed by atoms with van der Waals surface area (Å²) in [6, 6.07) is 2.53. The summed E-state index contributed by atoms with van der Waals surface area (Å²) in [6.07, 6.45) is 27.5. The first kappa shape index (κ1) is 49.7. The van der Waals surface area contributed by atoms with Gasteiger partial charge in [-0.3, -0.25) is 19.9 Å². The highest BCUT2D eigenvalue weighted by atomic mass is 16.5. The molecule has 0 bridgehead atoms. The van der Waals surface area contributed by atoms with Crippen LogP contribution >= 0.6 is 0 Å². The number of rotatable bonds is 16. The summed E-state index contributed by atoms with van der Waals surface area (Å²) in [6.45, 7) is 20.0. The van der Waals surface area contributed by atoms with Gasteiger partial charge in [0.25, 0.3) is 0 Å². The standard InChI is InChI=1S/C59H90N14O/c1-66-30-33-68(34-31-66)22-7-24-70-26-9-28-72-51-13-5-3-11-47(51)54-58(72)56(70)45-17-15-42(37-49(45)64-54)61-21-36-74-41-44-40-69(35-32-67(44)2)23-8-25-71-27-10-29-73-52-14-6-4-12-48(52)55-59(73)57(71)46-18-16-43(38-50(46)65-55)63-53-39-60-19-20-62-53/h19-20,39,42-44,47-48,51-52,61H,3-18,21-38,40-41H2,1-2H3,(H,62,63). The number of anilines is 5. The molecule has 15 heteroatoms. The summed E-state index contributed by atoms with van der Waals surface area (Å²) >= 11 is 0. The van der Waals surface area contributed by atoms with Crippen molar-refractivity contribution in [3.63, 3.8) is 0 Å². The van der Waals surface area contributed by atoms with E-state index in [1.54, 1.807) is 35.0 Å². The maximum Gasteiger partial charge on any atom is 0.144 e. The highest BCUT2D eigenvalue weighted by molar-refractivity contribution is 5.83. The third-order valence-electron chi connectivity index (χ3n) is 20.1. The van der Waals surface area contributed by atoms with E-state index in [1.807, 2.05) is 6.20 Å². The molecule has 0 amide bonds. The van der Waals surface area contributed by atoms with Gasteiger partial charge in [0.1, 0.15) is 5.82 Å². The van der Waals surface area contributed by atoms with Crippen LogP contribution in [0.5, 0.6) is 0 Å². The Kier molecular flexibility index (Phi) is 14.9. The molecule has 13 rings (SSSR count). The van der Waals surface area contributed by atoms with Crippen LogP contribution < -0.4 is 30.2 Å². The average molecular weight is 1010 g/mol. The van der Waals surface area contributed by atoms with Gasteiger partial charge < -0.3 is 49.7 Å². The van der Waals surface area contributed by atoms with Crippen LogP contribution in [0.15, 0.2) is 18.6 Å². The monoisotopic (exact) mass is 1010 g/mol. The zero-order chi connectivity index (χ0) is 49.5. The normalized spacial score (nSPS) is 29.2. The van der Waals surface area contributed by atoms with E-state index >= 15 is 0 Å². The molecule has 4 aliphatic carbocycles. The number of hydrogen-bond acceptors (Lipinski definition) is 15. The summed E-state index contributed by atoms with van der Waals surface area (Å²) in [5.41, 5.74) is 15.0. The van der Waals surface area contributed by atoms with Gasteiger partial charge >= 0.3 is 0 Å². The lowest BCUT2D eigenvalue weighted by Gasteiger charge is -2.40. The van der Waals surface area contributed by atoms with Crippen LogP contribution in [0.3, 0.4) is 0 Å². The molecule has 402 valence electrons. The summed E-state index contributed by atoms with van der Waals surface area (Å²) in [5.74, 6) is 2.08. The minimum atomic E-state index is 0.335. The zero-order valence-corrected chi connectivity index (χ0v) is 45.5. The Hall–Kier alpha value is -3.86. The molecule has 2 saturated carbocycles. The second kappa shape index (κ2) is 22.2. The first-order chi connectivity index (χ1) is 36.5. The van der Waals surface area contributed by atoms with Gasteiger partial charge in [0, 0.05) is 170 Å². The Bertz CT molecular complexity index is 2400. The van der Waals surface area contributed by atoms with Gasteiger partial charge in [-0.1, -0.05) is 25.7 Å². The van der Waals surface area contributed by atoms with Crippen molar-refractivity contribution in [2.45, 2.75) is 158 Å². The molecule has 7 unspecified atom stereocenters. The fraction of sp³-hybridized carbons (Fsp3) is 0.763. The maximum absolute atomic E-state index is 6.56. The van der Waals surface area contributed by atoms with Crippen molar-refractivity contribution in [1.29, 1.82) is 0 Å². The van der Waals surface area contributed by atoms with Crippen molar-refractivity contribution in [3.8, 4) is 0 Å². The summed E-state index contributed by atoms with van der Waals surface area (Å²) in [5, 5.41) is 7.70. The van der Waals surface area contributed by atoms with Gasteiger partial charge in [-0.15, -0.1) is 0 Å². The molecule has 7 atom stereocenters. The molecule has 2 N–H and O–H groups in total. The first-order valence-electron chi connectivity index (χ1n) is 30.3. The molecule has 3 aromatic heterocycles. The fourth-order valence-corrected chi connectivity index (χ4v) is 16.2. The van der Waals surface area contributed by atoms with Crippen LogP contribution in [0.25, 0.3) is 0 Å². The molecule has 15 nitrogen and oxygen atoms in total. The second-order valence-electron chi connectivity index (χ2n) is 24.7. The maximum atomic E-state index is 6.56. The molecule has 10 aliphatic rings. The molecule has 0 radical (unpaired) electrons. The van der Waals surface area contributed by atoms with E-state index in [0.717, 1.165) is 96.9 Å². The van der Waals surface area contributed by atoms with Crippen LogP contribution in [-0.2, 0) is 30.4 Å². The van der Waals surface area contributed by atoms with Crippen molar-refractivity contribution in [3.05, 3.63) is 52.5 Å². The van der Waals surface area contributed by atoms with Gasteiger partial charge in [-0.2, -0.15) is 0 Å². The van der Waals surface area contributed by atoms with E-state index in [4.69, 9.17) is 14.7 Å². The molecule has 0 aromatic carbocycles. The summed E-state index contributed by atoms with van der Waals surface area (Å²) in [7, 11) is 4.58. The van der Waals surface area contributed by atoms with Crippen LogP contribution in [0.4, 0.5) is 28.6 Å². The van der Waals surface area contributed by atoms with Crippen LogP contribution in [0, 0.1) is 0 Å². The summed E-state index contributed by atoms with van der Waals surface area (Å²) < 4.78 is 6.56. The molecular weight excluding hydrogens is 921 g/mol. The summed E-state index contributed by atoms with van der Waals surface area (Å²) in [4.78, 5) is 42.1. The number of nitrogens with zero attached hydrogens (tertiary/aromatic N) is 12. The fourth-order valence-electron chi connectivity index (χ4n) is 16.2. The van der Waals surface area contributed by atoms with Crippen molar-refractivity contribution in [1.82, 2.24) is 44.9 Å². The van der Waals surface area contributed by atoms with Crippen molar-refractivity contribution < 1.29 is 4.74 Å². The predicted octanol–water partition coefficient (Wildman–Crippen LogP) is 6.16. The van der Waals surface area contributed by atoms with Gasteiger partial charge in [-0.25, -0.2) is 4.98 Å². The van der Waals surface area contributed by atoms with E-state index in [1.165, 1.54) is 176 Å². The Morgan fingerprint density at radius 2 is 1.20 bits per heavy atom. The number of likely N-dealkylation sites (N-methyl/N-ethyl adjacent to an activating group) is 2. The smallest absolute Gasteiger partial charge is 0.144 e. The number of pyridine rings is 2. The minimum absolute atomic E-state index is 0.335. The number of hydrogen-bond donors (Lipinski definition) is 2. The predicted molar refractivity (Wildman–Crippen MR) is 299 cm³/mol. The van der Waals surface area contributed by atoms with E-state index in [-0.39, 0.29) is 0 Å². The van der Waals surface area contributed by atoms with Crippen molar-refractivity contribution >= 4 is 28.6 Å². The Morgan fingerprint density at radius 1 is 0.595 bits per heavy atom. The second-order valence-corrected chi connectivity index (χ2v) is 24.7. The van der Waals surface area contributed by atoms with Crippen LogP contribution in [0.2, 0.25) is 0 Å². The Labute approximate surface area is 443 Å². The Morgan fingerprint density at radius 3 is 1.85 bits per heavy atom. The number of ether oxygens (including phenoxy) is 1. The molecule has 0 spiro atoms. The van der Waals surface area contributed by atoms with E-state index < -0.39 is 0 Å². The number of nitrogens with one attached hydrogen (secondary N) is 2. The lowest BCUT2D eigenvalue weighted by atomic mass is 9.83. The molecule has 4 fully saturated rings. The highest BCUT2D eigenvalue weighted by Crippen LogP contribution is 2.56. The zero-order valence-electron chi connectivity index (χ0n) is 45.5. The van der Waals surface area contributed by atoms with Gasteiger partial charge in [0.05, 0.1) is 53.5 Å². The van der Waals surface area contributed by atoms with E-state index in [0.29, 0.717) is 42.0 Å². The molecule has 2 saturated heterocycles. The topological polar surface area (TPSA) is 111 Å². The lowest BCUT2D eigenvalue weighted by molar-refractivity contribution is 0.0225. The van der Waals surface area contributed by atoms with Gasteiger partial charge in [-0.05, 0) is 115 Å². The average Bonchev–Trinajstić information content (AvgIpc) is 3.72. The van der Waals surface area contributed by atoms with E-state index in [2.05, 4.69) is 73.9 Å². The third-order valence-corrected chi connectivity index (χ3v) is 20.1. The quantitative estimate of drug-likeness (QED) is 0.160. The molecule has 6 aliphatic heterocycles. The minimum Gasteiger partial charge on any atom is -0.378 e. The van der Waals surface area contributed by atoms with Crippen LogP contribution in [-0.4, -0.2) is 202 Å². The molecule has 74 heavy (non-hydrogen) atoms. The number of fused-ring (bicyclic) bond motifs is 10. The van der Waals surface area contributed by atoms with E-state index in [9.17, 15) is 0 Å². The molecular formula is C59H90N14O. The molecule has 3 aromatic rings. The van der Waals surface area contributed by atoms with Gasteiger partial charge in [0.15, 0.2) is 0 Å². The lowest BCUT2D eigenvalue weighted by Crippen LogP contribution is -2.53. The Balaban J connectivity index is 0.612. The van der Waals surface area contributed by atoms with Gasteiger partial charge in [0.2, 0.25) is 0 Å². The third kappa shape index (κ3) is 10.0. The van der Waals surface area contributed by atoms with Crippen molar-refractivity contribution in [2.24, 2.45) is 0 Å². The largest absolute Gasteiger partial charge is 0.378 e. The first-order valence-corrected chi connectivity index (χ1v) is 30.3. The van der Waals surface area contributed by atoms with Crippen molar-refractivity contribution in [2.75, 3.05) is 157 Å².